The van der Waals surface area contributed by atoms with Crippen molar-refractivity contribution in [3.05, 3.63) is 88.9 Å². The summed E-state index contributed by atoms with van der Waals surface area (Å²) < 4.78 is 66.9. The Morgan fingerprint density at radius 2 is 1.64 bits per heavy atom. The molecule has 0 heterocycles. The summed E-state index contributed by atoms with van der Waals surface area (Å²) in [6, 6.07) is 16.8. The van der Waals surface area contributed by atoms with Crippen LogP contribution in [-0.2, 0) is 27.4 Å². The summed E-state index contributed by atoms with van der Waals surface area (Å²) in [7, 11) is -4.16. The summed E-state index contributed by atoms with van der Waals surface area (Å²) in [6.07, 6.45) is -4.13. The van der Waals surface area contributed by atoms with Gasteiger partial charge in [-0.05, 0) is 48.4 Å². The molecule has 1 N–H and O–H groups in total. The second-order valence-electron chi connectivity index (χ2n) is 7.05. The molecular formula is C23H20ClF3N2O3S. The minimum atomic E-state index is -4.63. The number of sulfonamides is 1. The zero-order chi connectivity index (χ0) is 24.2. The molecular weight excluding hydrogens is 477 g/mol. The van der Waals surface area contributed by atoms with E-state index < -0.39 is 34.2 Å². The van der Waals surface area contributed by atoms with Gasteiger partial charge in [0, 0.05) is 0 Å². The molecule has 174 valence electrons. The molecule has 3 aromatic carbocycles. The van der Waals surface area contributed by atoms with Gasteiger partial charge >= 0.3 is 6.18 Å². The van der Waals surface area contributed by atoms with Crippen LogP contribution in [-0.4, -0.2) is 20.9 Å². The Bertz CT molecular complexity index is 1250. The number of rotatable bonds is 7. The molecule has 0 atom stereocenters. The van der Waals surface area contributed by atoms with Crippen LogP contribution in [0.1, 0.15) is 18.1 Å². The van der Waals surface area contributed by atoms with Crippen LogP contribution in [0.4, 0.5) is 24.5 Å². The number of carbonyl (C=O) groups excluding carboxylic acids is 1. The van der Waals surface area contributed by atoms with Crippen LogP contribution in [0.3, 0.4) is 0 Å². The molecule has 1 amide bonds. The molecule has 3 aromatic rings. The average molecular weight is 497 g/mol. The molecule has 0 aliphatic carbocycles. The number of hydrogen-bond donors (Lipinski definition) is 1. The molecule has 0 aliphatic heterocycles. The predicted octanol–water partition coefficient (Wildman–Crippen LogP) is 5.76. The fraction of sp³-hybridized carbons (Fsp3) is 0.174. The molecule has 0 unspecified atom stereocenters. The Morgan fingerprint density at radius 1 is 1.00 bits per heavy atom. The van der Waals surface area contributed by atoms with Crippen LogP contribution >= 0.6 is 11.6 Å². The smallest absolute Gasteiger partial charge is 0.323 e. The highest BCUT2D eigenvalue weighted by Gasteiger charge is 2.32. The number of alkyl halides is 3. The van der Waals surface area contributed by atoms with E-state index in [2.05, 4.69) is 5.32 Å². The predicted molar refractivity (Wildman–Crippen MR) is 122 cm³/mol. The zero-order valence-corrected chi connectivity index (χ0v) is 19.0. The van der Waals surface area contributed by atoms with Gasteiger partial charge in [-0.2, -0.15) is 13.2 Å². The van der Waals surface area contributed by atoms with Gasteiger partial charge in [-0.1, -0.05) is 54.9 Å². The molecule has 0 radical (unpaired) electrons. The highest BCUT2D eigenvalue weighted by molar-refractivity contribution is 7.92. The van der Waals surface area contributed by atoms with Gasteiger partial charge in [0.1, 0.15) is 6.54 Å². The van der Waals surface area contributed by atoms with Crippen LogP contribution in [0, 0.1) is 0 Å². The second-order valence-corrected chi connectivity index (χ2v) is 9.32. The Hall–Kier alpha value is -3.04. The van der Waals surface area contributed by atoms with E-state index in [9.17, 15) is 26.4 Å². The lowest BCUT2D eigenvalue weighted by atomic mass is 10.1. The molecule has 33 heavy (non-hydrogen) atoms. The van der Waals surface area contributed by atoms with E-state index in [0.29, 0.717) is 23.7 Å². The van der Waals surface area contributed by atoms with Gasteiger partial charge in [0.25, 0.3) is 10.0 Å². The fourth-order valence-corrected chi connectivity index (χ4v) is 4.83. The van der Waals surface area contributed by atoms with E-state index in [1.54, 1.807) is 42.5 Å². The van der Waals surface area contributed by atoms with E-state index in [1.165, 1.54) is 12.1 Å². The van der Waals surface area contributed by atoms with Gasteiger partial charge in [-0.25, -0.2) is 8.42 Å². The first-order valence-electron chi connectivity index (χ1n) is 9.86. The number of nitrogens with zero attached hydrogens (tertiary/aromatic N) is 1. The maximum Gasteiger partial charge on any atom is 0.416 e. The van der Waals surface area contributed by atoms with Crippen molar-refractivity contribution in [2.75, 3.05) is 16.2 Å². The van der Waals surface area contributed by atoms with Gasteiger partial charge in [0.2, 0.25) is 5.91 Å². The maximum atomic E-state index is 13.4. The quantitative estimate of drug-likeness (QED) is 0.452. The molecule has 0 saturated heterocycles. The van der Waals surface area contributed by atoms with E-state index in [4.69, 9.17) is 11.6 Å². The van der Waals surface area contributed by atoms with Crippen molar-refractivity contribution in [3.63, 3.8) is 0 Å². The molecule has 5 nitrogen and oxygen atoms in total. The van der Waals surface area contributed by atoms with Crippen molar-refractivity contribution < 1.29 is 26.4 Å². The topological polar surface area (TPSA) is 66.5 Å². The SMILES string of the molecule is CCc1ccccc1N(CC(=O)Nc1cc(C(F)(F)F)ccc1Cl)S(=O)(=O)c1ccccc1. The van der Waals surface area contributed by atoms with Gasteiger partial charge in [-0.15, -0.1) is 0 Å². The summed E-state index contributed by atoms with van der Waals surface area (Å²) in [5.41, 5.74) is -0.277. The number of para-hydroxylation sites is 1. The van der Waals surface area contributed by atoms with Crippen molar-refractivity contribution >= 4 is 38.9 Å². The van der Waals surface area contributed by atoms with Crippen molar-refractivity contribution in [1.29, 1.82) is 0 Å². The maximum absolute atomic E-state index is 13.4. The minimum absolute atomic E-state index is 0.0270. The molecule has 3 rings (SSSR count). The van der Waals surface area contributed by atoms with E-state index in [1.807, 2.05) is 6.92 Å². The third-order valence-corrected chi connectivity index (χ3v) is 6.93. The number of nitrogens with one attached hydrogen (secondary N) is 1. The summed E-state index contributed by atoms with van der Waals surface area (Å²) in [5, 5.41) is 2.20. The Kier molecular flexibility index (Phi) is 7.34. The lowest BCUT2D eigenvalue weighted by Crippen LogP contribution is -2.38. The minimum Gasteiger partial charge on any atom is -0.323 e. The first-order chi connectivity index (χ1) is 15.5. The number of halogens is 4. The summed E-state index contributed by atoms with van der Waals surface area (Å²) in [4.78, 5) is 12.8. The van der Waals surface area contributed by atoms with E-state index >= 15 is 0 Å². The third kappa shape index (κ3) is 5.66. The lowest BCUT2D eigenvalue weighted by molar-refractivity contribution is -0.137. The number of carbonyl (C=O) groups is 1. The van der Waals surface area contributed by atoms with Crippen LogP contribution < -0.4 is 9.62 Å². The zero-order valence-electron chi connectivity index (χ0n) is 17.4. The summed E-state index contributed by atoms with van der Waals surface area (Å²) in [6.45, 7) is 1.18. The van der Waals surface area contributed by atoms with E-state index in [0.717, 1.165) is 16.4 Å². The van der Waals surface area contributed by atoms with Crippen LogP contribution in [0.2, 0.25) is 5.02 Å². The number of anilines is 2. The van der Waals surface area contributed by atoms with Crippen LogP contribution in [0.25, 0.3) is 0 Å². The van der Waals surface area contributed by atoms with Gasteiger partial charge in [0.05, 0.1) is 26.9 Å². The Morgan fingerprint density at radius 3 is 2.27 bits per heavy atom. The standard InChI is InChI=1S/C23H20ClF3N2O3S/c1-2-16-8-6-7-11-21(16)29(33(31,32)18-9-4-3-5-10-18)15-22(30)28-20-14-17(23(25,26)27)12-13-19(20)24/h3-14H,2,15H2,1H3,(H,28,30). The molecule has 0 saturated carbocycles. The number of aryl methyl sites for hydroxylation is 1. The Balaban J connectivity index is 1.99. The molecule has 10 heteroatoms. The van der Waals surface area contributed by atoms with Crippen molar-refractivity contribution in [2.24, 2.45) is 0 Å². The first-order valence-corrected chi connectivity index (χ1v) is 11.7. The molecule has 0 bridgehead atoms. The second kappa shape index (κ2) is 9.84. The van der Waals surface area contributed by atoms with E-state index in [-0.39, 0.29) is 15.6 Å². The summed E-state index contributed by atoms with van der Waals surface area (Å²) in [5.74, 6) is -0.846. The molecule has 0 spiro atoms. The highest BCUT2D eigenvalue weighted by Crippen LogP contribution is 2.34. The fourth-order valence-electron chi connectivity index (χ4n) is 3.19. The van der Waals surface area contributed by atoms with Crippen LogP contribution in [0.15, 0.2) is 77.7 Å². The van der Waals surface area contributed by atoms with Gasteiger partial charge in [0.15, 0.2) is 0 Å². The first kappa shape index (κ1) is 24.6. The number of benzene rings is 3. The Labute approximate surface area is 194 Å². The molecule has 0 fully saturated rings. The lowest BCUT2D eigenvalue weighted by Gasteiger charge is -2.26. The molecule has 0 aliphatic rings. The van der Waals surface area contributed by atoms with Crippen LogP contribution in [0.5, 0.6) is 0 Å². The van der Waals surface area contributed by atoms with Gasteiger partial charge < -0.3 is 5.32 Å². The molecule has 0 aromatic heterocycles. The normalized spacial score (nSPS) is 11.8. The van der Waals surface area contributed by atoms with Crippen molar-refractivity contribution in [3.8, 4) is 0 Å². The average Bonchev–Trinajstić information content (AvgIpc) is 2.78. The van der Waals surface area contributed by atoms with Crippen molar-refractivity contribution in [2.45, 2.75) is 24.4 Å². The third-order valence-electron chi connectivity index (χ3n) is 4.83. The highest BCUT2D eigenvalue weighted by atomic mass is 35.5. The number of amides is 1. The largest absolute Gasteiger partial charge is 0.416 e. The monoisotopic (exact) mass is 496 g/mol. The number of hydrogen-bond acceptors (Lipinski definition) is 3. The van der Waals surface area contributed by atoms with Crippen molar-refractivity contribution in [1.82, 2.24) is 0 Å². The summed E-state index contributed by atoms with van der Waals surface area (Å²) >= 11 is 5.96. The van der Waals surface area contributed by atoms with Gasteiger partial charge in [-0.3, -0.25) is 9.10 Å².